The highest BCUT2D eigenvalue weighted by atomic mass is 19.1. The van der Waals surface area contributed by atoms with E-state index in [-0.39, 0.29) is 24.1 Å². The average Bonchev–Trinajstić information content (AvgIpc) is 3.23. The number of nitrogens with one attached hydrogen (secondary N) is 1. The van der Waals surface area contributed by atoms with Crippen LogP contribution in [-0.4, -0.2) is 15.5 Å². The lowest BCUT2D eigenvalue weighted by atomic mass is 10.0. The first-order chi connectivity index (χ1) is 15.5. The average molecular weight is 433 g/mol. The predicted octanol–water partition coefficient (Wildman–Crippen LogP) is 4.80. The molecule has 0 aliphatic carbocycles. The number of hydrogen-bond donors (Lipinski definition) is 1. The number of benzene rings is 3. The van der Waals surface area contributed by atoms with E-state index in [0.717, 1.165) is 5.56 Å². The quantitative estimate of drug-likeness (QED) is 0.456. The Hall–Kier alpha value is -4.00. The van der Waals surface area contributed by atoms with Crippen molar-refractivity contribution in [2.45, 2.75) is 12.6 Å². The highest BCUT2D eigenvalue weighted by molar-refractivity contribution is 5.95. The number of hydrogen-bond acceptors (Lipinski definition) is 3. The zero-order valence-electron chi connectivity index (χ0n) is 17.3. The van der Waals surface area contributed by atoms with Gasteiger partial charge in [-0.1, -0.05) is 30.3 Å². The number of imidazole rings is 1. The van der Waals surface area contributed by atoms with Gasteiger partial charge in [-0.25, -0.2) is 13.8 Å². The number of ether oxygens (including phenoxy) is 1. The Morgan fingerprint density at radius 3 is 2.38 bits per heavy atom. The Kier molecular flexibility index (Phi) is 6.26. The summed E-state index contributed by atoms with van der Waals surface area (Å²) in [5, 5.41) is 2.98. The van der Waals surface area contributed by atoms with Crippen LogP contribution in [0.4, 0.5) is 8.78 Å². The number of halogens is 2. The van der Waals surface area contributed by atoms with Gasteiger partial charge in [0.05, 0.1) is 0 Å². The smallest absolute Gasteiger partial charge is 0.252 e. The minimum absolute atomic E-state index is 0.247. The van der Waals surface area contributed by atoms with Crippen LogP contribution >= 0.6 is 0 Å². The summed E-state index contributed by atoms with van der Waals surface area (Å²) in [6.07, 6.45) is 3.42. The van der Waals surface area contributed by atoms with Crippen LogP contribution in [-0.2, 0) is 13.7 Å². The van der Waals surface area contributed by atoms with Crippen molar-refractivity contribution in [2.75, 3.05) is 0 Å². The molecule has 4 rings (SSSR count). The summed E-state index contributed by atoms with van der Waals surface area (Å²) in [6.45, 7) is 0.247. The third kappa shape index (κ3) is 5.00. The Morgan fingerprint density at radius 2 is 1.72 bits per heavy atom. The first-order valence-corrected chi connectivity index (χ1v) is 10.0. The normalized spacial score (nSPS) is 11.7. The summed E-state index contributed by atoms with van der Waals surface area (Å²) in [4.78, 5) is 17.4. The van der Waals surface area contributed by atoms with E-state index in [1.807, 2.05) is 7.05 Å². The number of rotatable bonds is 7. The van der Waals surface area contributed by atoms with E-state index in [2.05, 4.69) is 10.3 Å². The van der Waals surface area contributed by atoms with Crippen LogP contribution in [0.2, 0.25) is 0 Å². The van der Waals surface area contributed by atoms with Crippen molar-refractivity contribution in [3.05, 3.63) is 119 Å². The molecular formula is C25H21F2N3O2. The van der Waals surface area contributed by atoms with E-state index >= 15 is 0 Å². The molecule has 162 valence electrons. The Bertz CT molecular complexity index is 1200. The molecule has 32 heavy (non-hydrogen) atoms. The molecule has 5 nitrogen and oxygen atoms in total. The second-order valence-corrected chi connectivity index (χ2v) is 7.30. The standard InChI is InChI=1S/C25H21F2N3O2/c1-30-14-13-28-24(30)23(18-7-11-21(27)12-8-18)29-25(31)19-3-2-4-22(15-19)32-16-17-5-9-20(26)10-6-17/h2-15,23H,16H2,1H3,(H,29,31). The van der Waals surface area contributed by atoms with Crippen molar-refractivity contribution in [2.24, 2.45) is 7.05 Å². The number of carbonyl (C=O) groups is 1. The zero-order chi connectivity index (χ0) is 22.5. The van der Waals surface area contributed by atoms with Crippen LogP contribution in [0.25, 0.3) is 0 Å². The number of aryl methyl sites for hydroxylation is 1. The topological polar surface area (TPSA) is 56.2 Å². The minimum atomic E-state index is -0.563. The Balaban J connectivity index is 1.52. The van der Waals surface area contributed by atoms with E-state index in [1.54, 1.807) is 65.5 Å². The first-order valence-electron chi connectivity index (χ1n) is 10.0. The molecule has 0 spiro atoms. The highest BCUT2D eigenvalue weighted by Crippen LogP contribution is 2.22. The third-order valence-electron chi connectivity index (χ3n) is 5.01. The molecule has 1 aromatic heterocycles. The Morgan fingerprint density at radius 1 is 1.03 bits per heavy atom. The lowest BCUT2D eigenvalue weighted by molar-refractivity contribution is 0.0940. The lowest BCUT2D eigenvalue weighted by Crippen LogP contribution is -2.31. The SMILES string of the molecule is Cn1ccnc1C(NC(=O)c1cccc(OCc2ccc(F)cc2)c1)c1ccc(F)cc1. The van der Waals surface area contributed by atoms with Gasteiger partial charge in [0.15, 0.2) is 0 Å². The van der Waals surface area contributed by atoms with E-state index < -0.39 is 6.04 Å². The molecule has 1 N–H and O–H groups in total. The molecular weight excluding hydrogens is 412 g/mol. The van der Waals surface area contributed by atoms with Gasteiger partial charge < -0.3 is 14.6 Å². The molecule has 7 heteroatoms. The summed E-state index contributed by atoms with van der Waals surface area (Å²) >= 11 is 0. The van der Waals surface area contributed by atoms with Crippen LogP contribution in [0, 0.1) is 11.6 Å². The fourth-order valence-corrected chi connectivity index (χ4v) is 3.30. The molecule has 1 heterocycles. The summed E-state index contributed by atoms with van der Waals surface area (Å²) in [5.74, 6) is 0.140. The third-order valence-corrected chi connectivity index (χ3v) is 5.01. The van der Waals surface area contributed by atoms with E-state index in [0.29, 0.717) is 22.7 Å². The fraction of sp³-hybridized carbons (Fsp3) is 0.120. The minimum Gasteiger partial charge on any atom is -0.489 e. The molecule has 4 aromatic rings. The van der Waals surface area contributed by atoms with E-state index in [1.165, 1.54) is 24.3 Å². The molecule has 0 bridgehead atoms. The molecule has 0 aliphatic rings. The van der Waals surface area contributed by atoms with Crippen molar-refractivity contribution in [1.82, 2.24) is 14.9 Å². The van der Waals surface area contributed by atoms with Crippen molar-refractivity contribution in [3.63, 3.8) is 0 Å². The molecule has 0 saturated carbocycles. The summed E-state index contributed by atoms with van der Waals surface area (Å²) in [7, 11) is 1.83. The van der Waals surface area contributed by atoms with Gasteiger partial charge in [-0.05, 0) is 53.6 Å². The van der Waals surface area contributed by atoms with Crippen molar-refractivity contribution >= 4 is 5.91 Å². The van der Waals surface area contributed by atoms with Crippen LogP contribution in [0.3, 0.4) is 0 Å². The highest BCUT2D eigenvalue weighted by Gasteiger charge is 2.21. The van der Waals surface area contributed by atoms with Gasteiger partial charge in [0.1, 0.15) is 35.9 Å². The van der Waals surface area contributed by atoms with Gasteiger partial charge in [0.25, 0.3) is 5.91 Å². The summed E-state index contributed by atoms with van der Waals surface area (Å²) in [5.41, 5.74) is 1.92. The molecule has 0 fully saturated rings. The molecule has 1 unspecified atom stereocenters. The van der Waals surface area contributed by atoms with Crippen LogP contribution < -0.4 is 10.1 Å². The van der Waals surface area contributed by atoms with Gasteiger partial charge in [0.2, 0.25) is 0 Å². The van der Waals surface area contributed by atoms with Crippen LogP contribution in [0.5, 0.6) is 5.75 Å². The number of nitrogens with zero attached hydrogens (tertiary/aromatic N) is 2. The number of amides is 1. The van der Waals surface area contributed by atoms with Crippen LogP contribution in [0.1, 0.15) is 33.4 Å². The zero-order valence-corrected chi connectivity index (χ0v) is 17.3. The van der Waals surface area contributed by atoms with E-state index in [9.17, 15) is 13.6 Å². The lowest BCUT2D eigenvalue weighted by Gasteiger charge is -2.19. The van der Waals surface area contributed by atoms with Gasteiger partial charge in [0, 0.05) is 25.0 Å². The van der Waals surface area contributed by atoms with Crippen LogP contribution in [0.15, 0.2) is 85.2 Å². The fourth-order valence-electron chi connectivity index (χ4n) is 3.30. The van der Waals surface area contributed by atoms with Crippen molar-refractivity contribution < 1.29 is 18.3 Å². The van der Waals surface area contributed by atoms with Crippen molar-refractivity contribution in [1.29, 1.82) is 0 Å². The summed E-state index contributed by atoms with van der Waals surface area (Å²) in [6, 6.07) is 18.2. The predicted molar refractivity (Wildman–Crippen MR) is 116 cm³/mol. The second kappa shape index (κ2) is 9.43. The molecule has 0 aliphatic heterocycles. The van der Waals surface area contributed by atoms with Gasteiger partial charge in [-0.15, -0.1) is 0 Å². The molecule has 0 radical (unpaired) electrons. The van der Waals surface area contributed by atoms with Gasteiger partial charge in [-0.3, -0.25) is 4.79 Å². The maximum Gasteiger partial charge on any atom is 0.252 e. The maximum absolute atomic E-state index is 13.4. The molecule has 1 atom stereocenters. The molecule has 3 aromatic carbocycles. The van der Waals surface area contributed by atoms with Gasteiger partial charge in [-0.2, -0.15) is 0 Å². The Labute approximate surface area is 184 Å². The molecule has 0 saturated heterocycles. The number of carbonyl (C=O) groups excluding carboxylic acids is 1. The first kappa shape index (κ1) is 21.2. The molecule has 1 amide bonds. The second-order valence-electron chi connectivity index (χ2n) is 7.30. The maximum atomic E-state index is 13.4. The van der Waals surface area contributed by atoms with Gasteiger partial charge >= 0.3 is 0 Å². The summed E-state index contributed by atoms with van der Waals surface area (Å²) < 4.78 is 34.0. The monoisotopic (exact) mass is 433 g/mol. The van der Waals surface area contributed by atoms with E-state index in [4.69, 9.17) is 4.74 Å². The number of aromatic nitrogens is 2. The largest absolute Gasteiger partial charge is 0.489 e. The van der Waals surface area contributed by atoms with Crippen molar-refractivity contribution in [3.8, 4) is 5.75 Å².